The predicted octanol–water partition coefficient (Wildman–Crippen LogP) is 5.99. The van der Waals surface area contributed by atoms with E-state index in [4.69, 9.17) is 15.2 Å². The van der Waals surface area contributed by atoms with E-state index in [2.05, 4.69) is 41.7 Å². The molecule has 5 rings (SSSR count). The van der Waals surface area contributed by atoms with Crippen molar-refractivity contribution in [3.05, 3.63) is 143 Å². The van der Waals surface area contributed by atoms with Crippen molar-refractivity contribution in [2.75, 3.05) is 39.6 Å². The molecule has 1 amide bonds. The Kier molecular flexibility index (Phi) is 19.2. The van der Waals surface area contributed by atoms with Gasteiger partial charge < -0.3 is 41.0 Å². The Bertz CT molecular complexity index is 1750. The number of nitrogens with one attached hydrogen (secondary N) is 1. The second kappa shape index (κ2) is 24.0. The number of Topliss-reactive ketones (excluding diaryl/α,β-unsaturated/α-hetero) is 1. The van der Waals surface area contributed by atoms with Gasteiger partial charge in [0, 0.05) is 30.9 Å². The number of hydrogen-bond acceptors (Lipinski definition) is 9. The summed E-state index contributed by atoms with van der Waals surface area (Å²) in [4.78, 5) is 23.7. The normalized spacial score (nSPS) is 13.8. The number of ketones is 1. The van der Waals surface area contributed by atoms with E-state index in [-0.39, 0.29) is 38.1 Å². The van der Waals surface area contributed by atoms with Crippen LogP contribution in [0.15, 0.2) is 109 Å². The second-order valence-electron chi connectivity index (χ2n) is 15.6. The summed E-state index contributed by atoms with van der Waals surface area (Å²) in [6.07, 6.45) is 9.60. The summed E-state index contributed by atoms with van der Waals surface area (Å²) in [6.45, 7) is 1.45. The Labute approximate surface area is 344 Å². The van der Waals surface area contributed by atoms with Gasteiger partial charge >= 0.3 is 0 Å². The molecule has 0 aromatic heterocycles. The number of nitrogens with two attached hydrogens (primary N) is 1. The van der Waals surface area contributed by atoms with Crippen molar-refractivity contribution in [2.24, 2.45) is 5.73 Å². The first-order valence-corrected chi connectivity index (χ1v) is 20.7. The lowest BCUT2D eigenvalue weighted by Crippen LogP contribution is -2.53. The molecular formula is C48H64N2O8. The monoisotopic (exact) mass is 796 g/mol. The van der Waals surface area contributed by atoms with Gasteiger partial charge in [-0.2, -0.15) is 0 Å². The molecule has 10 nitrogen and oxygen atoms in total. The van der Waals surface area contributed by atoms with Crippen molar-refractivity contribution in [1.82, 2.24) is 5.32 Å². The van der Waals surface area contributed by atoms with Crippen LogP contribution in [0.1, 0.15) is 96.5 Å². The minimum Gasteiger partial charge on any atom is -0.394 e. The molecule has 10 heteroatoms. The predicted molar refractivity (Wildman–Crippen MR) is 227 cm³/mol. The molecule has 0 unspecified atom stereocenters. The summed E-state index contributed by atoms with van der Waals surface area (Å²) in [5.74, 6) is -0.789. The van der Waals surface area contributed by atoms with Crippen LogP contribution >= 0.6 is 0 Å². The van der Waals surface area contributed by atoms with Crippen LogP contribution in [0.2, 0.25) is 0 Å². The van der Waals surface area contributed by atoms with Crippen molar-refractivity contribution in [3.8, 4) is 0 Å². The van der Waals surface area contributed by atoms with Gasteiger partial charge in [0.15, 0.2) is 11.6 Å². The fourth-order valence-electron chi connectivity index (χ4n) is 7.14. The molecule has 0 atom stereocenters. The van der Waals surface area contributed by atoms with Gasteiger partial charge in [0.2, 0.25) is 5.91 Å². The summed E-state index contributed by atoms with van der Waals surface area (Å²) in [6, 6.07) is 36.5. The van der Waals surface area contributed by atoms with Crippen molar-refractivity contribution >= 4 is 11.7 Å². The average Bonchev–Trinajstić information content (AvgIpc) is 3.76. The van der Waals surface area contributed by atoms with Crippen molar-refractivity contribution in [1.29, 1.82) is 0 Å². The number of aryl methyl sites for hydroxylation is 4. The van der Waals surface area contributed by atoms with Crippen LogP contribution in [0.25, 0.3) is 0 Å². The van der Waals surface area contributed by atoms with Gasteiger partial charge in [0.1, 0.15) is 0 Å². The molecule has 1 aliphatic heterocycles. The summed E-state index contributed by atoms with van der Waals surface area (Å²) in [7, 11) is 0. The number of aliphatic hydroxyl groups excluding tert-OH is 4. The quantitative estimate of drug-likeness (QED) is 0.0390. The third kappa shape index (κ3) is 14.8. The molecule has 0 aliphatic carbocycles. The lowest BCUT2D eigenvalue weighted by atomic mass is 9.91. The number of hydrogen-bond donors (Lipinski definition) is 6. The van der Waals surface area contributed by atoms with Crippen LogP contribution in [-0.2, 0) is 45.7 Å². The topological polar surface area (TPSA) is 172 Å². The van der Waals surface area contributed by atoms with Crippen LogP contribution in [-0.4, -0.2) is 82.8 Å². The van der Waals surface area contributed by atoms with Crippen molar-refractivity contribution in [2.45, 2.75) is 101 Å². The van der Waals surface area contributed by atoms with Crippen molar-refractivity contribution < 1.29 is 39.5 Å². The van der Waals surface area contributed by atoms with E-state index in [0.717, 1.165) is 67.2 Å². The van der Waals surface area contributed by atoms with Crippen LogP contribution in [0, 0.1) is 0 Å². The van der Waals surface area contributed by atoms with Crippen LogP contribution in [0.5, 0.6) is 0 Å². The van der Waals surface area contributed by atoms with E-state index in [9.17, 15) is 30.0 Å². The number of aliphatic hydroxyl groups is 4. The molecule has 7 N–H and O–H groups in total. The zero-order valence-electron chi connectivity index (χ0n) is 34.1. The fraction of sp³-hybridized carbons (Fsp3) is 0.458. The van der Waals surface area contributed by atoms with E-state index >= 15 is 0 Å². The Morgan fingerprint density at radius 2 is 1.10 bits per heavy atom. The van der Waals surface area contributed by atoms with E-state index < -0.39 is 16.9 Å². The summed E-state index contributed by atoms with van der Waals surface area (Å²) < 4.78 is 12.2. The molecule has 0 radical (unpaired) electrons. The molecule has 1 fully saturated rings. The highest BCUT2D eigenvalue weighted by Crippen LogP contribution is 2.37. The molecule has 1 heterocycles. The molecule has 0 saturated carbocycles. The third-order valence-corrected chi connectivity index (χ3v) is 10.9. The smallest absolute Gasteiger partial charge is 0.217 e. The van der Waals surface area contributed by atoms with E-state index in [1.54, 1.807) is 0 Å². The van der Waals surface area contributed by atoms with Crippen molar-refractivity contribution in [3.63, 3.8) is 0 Å². The van der Waals surface area contributed by atoms with Crippen LogP contribution in [0.4, 0.5) is 0 Å². The zero-order chi connectivity index (χ0) is 41.7. The molecule has 4 aromatic carbocycles. The lowest BCUT2D eigenvalue weighted by molar-refractivity contribution is -0.171. The third-order valence-electron chi connectivity index (χ3n) is 10.9. The molecule has 1 saturated heterocycles. The van der Waals surface area contributed by atoms with Crippen LogP contribution in [0.3, 0.4) is 0 Å². The standard InChI is InChI=1S/C26H35NO5.C22H29NO3/c1-21(30)27-25(19-28,20-29)16-14-23-10-12-24(13-11-23)26(31-17-18-32-26)15-6-5-9-22-7-3-2-4-8-22;23-22(16-24,17-25)15-14-19-10-12-20(13-11-19)21(26)9-5-4-8-18-6-2-1-3-7-18/h2-4,7-8,10-13,28-29H,5-6,9,14-20H2,1H3,(H,27,30);1-3,6-7,10-13,24-25H,4-5,8-9,14-17,23H2. The Morgan fingerprint density at radius 1 is 0.621 bits per heavy atom. The van der Waals surface area contributed by atoms with Gasteiger partial charge in [0.05, 0.1) is 50.7 Å². The Morgan fingerprint density at radius 3 is 1.60 bits per heavy atom. The van der Waals surface area contributed by atoms with Crippen LogP contribution < -0.4 is 11.1 Å². The number of amides is 1. The first-order valence-electron chi connectivity index (χ1n) is 20.7. The van der Waals surface area contributed by atoms with Gasteiger partial charge in [-0.1, -0.05) is 109 Å². The highest BCUT2D eigenvalue weighted by molar-refractivity contribution is 5.96. The lowest BCUT2D eigenvalue weighted by Gasteiger charge is -2.31. The maximum absolute atomic E-state index is 12.3. The maximum atomic E-state index is 12.3. The van der Waals surface area contributed by atoms with Gasteiger partial charge in [-0.05, 0) is 86.5 Å². The number of carbonyl (C=O) groups is 2. The SMILES string of the molecule is CC(=O)NC(CO)(CO)CCc1ccc(C2(CCCCc3ccccc3)OCCO2)cc1.NC(CO)(CO)CCc1ccc(C(=O)CCCCc2ccccc2)cc1. The van der Waals surface area contributed by atoms with E-state index in [1.165, 1.54) is 18.1 Å². The van der Waals surface area contributed by atoms with Gasteiger partial charge in [0.25, 0.3) is 0 Å². The first-order chi connectivity index (χ1) is 28.1. The summed E-state index contributed by atoms with van der Waals surface area (Å²) >= 11 is 0. The molecular weight excluding hydrogens is 733 g/mol. The molecule has 58 heavy (non-hydrogen) atoms. The number of ether oxygens (including phenoxy) is 2. The fourth-order valence-corrected chi connectivity index (χ4v) is 7.14. The number of carbonyl (C=O) groups excluding carboxylic acids is 2. The Hall–Kier alpha value is -4.26. The van der Waals surface area contributed by atoms with Gasteiger partial charge in [-0.3, -0.25) is 9.59 Å². The Balaban J connectivity index is 0.000000262. The van der Waals surface area contributed by atoms with Gasteiger partial charge in [-0.15, -0.1) is 0 Å². The van der Waals surface area contributed by atoms with Gasteiger partial charge in [-0.25, -0.2) is 0 Å². The minimum absolute atomic E-state index is 0.170. The average molecular weight is 797 g/mol. The van der Waals surface area contributed by atoms with E-state index in [0.29, 0.717) is 45.3 Å². The molecule has 1 aliphatic rings. The molecule has 314 valence electrons. The number of benzene rings is 4. The summed E-state index contributed by atoms with van der Waals surface area (Å²) in [5, 5.41) is 40.5. The largest absolute Gasteiger partial charge is 0.394 e. The number of rotatable bonds is 23. The second-order valence-corrected chi connectivity index (χ2v) is 15.6. The molecule has 4 aromatic rings. The maximum Gasteiger partial charge on any atom is 0.217 e. The zero-order valence-corrected chi connectivity index (χ0v) is 34.1. The highest BCUT2D eigenvalue weighted by Gasteiger charge is 2.38. The number of unbranched alkanes of at least 4 members (excludes halogenated alkanes) is 2. The molecule has 0 bridgehead atoms. The first kappa shape index (κ1) is 46.4. The highest BCUT2D eigenvalue weighted by atomic mass is 16.7. The minimum atomic E-state index is -1.01. The van der Waals surface area contributed by atoms with E-state index in [1.807, 2.05) is 72.8 Å². The summed E-state index contributed by atoms with van der Waals surface area (Å²) in [5.41, 5.74) is 10.4. The molecule has 0 spiro atoms.